The van der Waals surface area contributed by atoms with Gasteiger partial charge in [0.1, 0.15) is 17.9 Å². The van der Waals surface area contributed by atoms with Crippen LogP contribution in [0.4, 0.5) is 0 Å². The maximum atomic E-state index is 13.2. The maximum absolute atomic E-state index is 13.2. The molecule has 12 nitrogen and oxygen atoms in total. The van der Waals surface area contributed by atoms with Crippen LogP contribution in [-0.4, -0.2) is 81.1 Å². The normalized spacial score (nSPS) is 13.9. The number of nitrogens with one attached hydrogen (secondary N) is 2. The van der Waals surface area contributed by atoms with Crippen molar-refractivity contribution in [3.8, 4) is 11.5 Å². The number of hydrogen-bond acceptors (Lipinski definition) is 9. The minimum Gasteiger partial charge on any atom is -0.504 e. The molecule has 1 rings (SSSR count). The molecule has 0 spiro atoms. The van der Waals surface area contributed by atoms with E-state index < -0.39 is 48.3 Å². The number of carbonyl (C=O) groups excluding carboxylic acids is 3. The quantitative estimate of drug-likeness (QED) is 0.103. The summed E-state index contributed by atoms with van der Waals surface area (Å²) in [5, 5.41) is 33.2. The number of rotatable bonds is 22. The van der Waals surface area contributed by atoms with Crippen LogP contribution in [0, 0.1) is 5.92 Å². The number of aromatic hydroxyl groups is 1. The molecule has 242 valence electrons. The van der Waals surface area contributed by atoms with Crippen molar-refractivity contribution in [2.45, 2.75) is 102 Å². The number of amides is 2. The van der Waals surface area contributed by atoms with Gasteiger partial charge in [0.05, 0.1) is 19.6 Å². The molecule has 0 saturated carbocycles. The van der Waals surface area contributed by atoms with Crippen molar-refractivity contribution >= 4 is 41.3 Å². The lowest BCUT2D eigenvalue weighted by molar-refractivity contribution is -0.143. The minimum atomic E-state index is -1.40. The number of methoxy groups -OCH3 is 1. The highest BCUT2D eigenvalue weighted by molar-refractivity contribution is 8.00. The zero-order valence-corrected chi connectivity index (χ0v) is 26.3. The molecule has 13 heteroatoms. The fourth-order valence-corrected chi connectivity index (χ4v) is 5.66. The molecular weight excluding hydrogens is 578 g/mol. The van der Waals surface area contributed by atoms with E-state index in [1.807, 2.05) is 13.8 Å². The summed E-state index contributed by atoms with van der Waals surface area (Å²) in [4.78, 5) is 61.6. The van der Waals surface area contributed by atoms with Gasteiger partial charge in [0.2, 0.25) is 11.8 Å². The van der Waals surface area contributed by atoms with Crippen LogP contribution in [0.25, 0.3) is 0 Å². The van der Waals surface area contributed by atoms with E-state index >= 15 is 0 Å². The second-order valence-corrected chi connectivity index (χ2v) is 12.3. The summed E-state index contributed by atoms with van der Waals surface area (Å²) in [6.07, 6.45) is 3.98. The molecule has 0 radical (unpaired) electrons. The van der Waals surface area contributed by atoms with Gasteiger partial charge in [0.25, 0.3) is 0 Å². The third-order valence-corrected chi connectivity index (χ3v) is 8.11. The maximum Gasteiger partial charge on any atom is 0.326 e. The molecule has 0 aliphatic carbocycles. The van der Waals surface area contributed by atoms with Crippen LogP contribution >= 0.6 is 11.8 Å². The Bertz CT molecular complexity index is 1080. The Morgan fingerprint density at radius 2 is 1.67 bits per heavy atom. The van der Waals surface area contributed by atoms with Crippen LogP contribution in [0.5, 0.6) is 11.5 Å². The Labute approximate surface area is 257 Å². The average Bonchev–Trinajstić information content (AvgIpc) is 2.93. The molecular formula is C30H47N3O9S. The number of hydrogen-bond donors (Lipinski definition) is 6. The number of ketones is 1. The van der Waals surface area contributed by atoms with Crippen LogP contribution < -0.4 is 21.1 Å². The second kappa shape index (κ2) is 19.8. The molecule has 1 aromatic rings. The molecule has 0 heterocycles. The Morgan fingerprint density at radius 1 is 1.00 bits per heavy atom. The summed E-state index contributed by atoms with van der Waals surface area (Å²) in [6.45, 7) is 5.70. The van der Waals surface area contributed by atoms with Gasteiger partial charge in [-0.15, -0.1) is 0 Å². The molecule has 0 fully saturated rings. The van der Waals surface area contributed by atoms with E-state index in [1.54, 1.807) is 12.1 Å². The van der Waals surface area contributed by atoms with Gasteiger partial charge >= 0.3 is 11.9 Å². The number of phenols is 1. The number of carbonyl (C=O) groups is 5. The van der Waals surface area contributed by atoms with Crippen molar-refractivity contribution in [2.75, 3.05) is 12.9 Å². The first-order valence-electron chi connectivity index (χ1n) is 14.6. The Hall–Kier alpha value is -3.32. The van der Waals surface area contributed by atoms with Gasteiger partial charge in [-0.1, -0.05) is 46.1 Å². The fraction of sp³-hybridized carbons (Fsp3) is 0.633. The number of unbranched alkanes of at least 4 members (excludes halogenated alkanes) is 2. The van der Waals surface area contributed by atoms with E-state index in [2.05, 4.69) is 17.6 Å². The van der Waals surface area contributed by atoms with Gasteiger partial charge in [-0.25, -0.2) is 4.79 Å². The summed E-state index contributed by atoms with van der Waals surface area (Å²) in [6, 6.07) is 1.15. The topological polar surface area (TPSA) is 205 Å². The molecule has 43 heavy (non-hydrogen) atoms. The van der Waals surface area contributed by atoms with Crippen molar-refractivity contribution in [2.24, 2.45) is 11.7 Å². The van der Waals surface area contributed by atoms with Gasteiger partial charge in [-0.3, -0.25) is 19.2 Å². The molecule has 0 saturated heterocycles. The van der Waals surface area contributed by atoms with Gasteiger partial charge in [-0.05, 0) is 42.9 Å². The molecule has 0 aromatic heterocycles. The number of benzene rings is 1. The number of ether oxygens (including phenoxy) is 1. The highest BCUT2D eigenvalue weighted by Gasteiger charge is 2.30. The van der Waals surface area contributed by atoms with E-state index in [-0.39, 0.29) is 47.7 Å². The number of Topliss-reactive ketones (excluding diaryl/α,β-unsaturated/α-hetero) is 1. The molecule has 2 amide bonds. The number of aliphatic carboxylic acids is 2. The van der Waals surface area contributed by atoms with Gasteiger partial charge in [0.15, 0.2) is 11.5 Å². The number of nitrogens with two attached hydrogens (primary N) is 1. The predicted octanol–water partition coefficient (Wildman–Crippen LogP) is 2.88. The summed E-state index contributed by atoms with van der Waals surface area (Å²) in [5.74, 6) is -3.70. The highest BCUT2D eigenvalue weighted by atomic mass is 32.2. The summed E-state index contributed by atoms with van der Waals surface area (Å²) >= 11 is 1.33. The average molecular weight is 626 g/mol. The fourth-order valence-electron chi connectivity index (χ4n) is 4.32. The Balaban J connectivity index is 3.01. The van der Waals surface area contributed by atoms with Gasteiger partial charge < -0.3 is 36.4 Å². The lowest BCUT2D eigenvalue weighted by Gasteiger charge is -2.25. The Morgan fingerprint density at radius 3 is 2.26 bits per heavy atom. The lowest BCUT2D eigenvalue weighted by Crippen LogP contribution is -2.56. The second-order valence-electron chi connectivity index (χ2n) is 11.0. The first-order chi connectivity index (χ1) is 20.3. The van der Waals surface area contributed by atoms with Gasteiger partial charge in [0, 0.05) is 23.8 Å². The zero-order chi connectivity index (χ0) is 32.5. The first kappa shape index (κ1) is 37.7. The smallest absolute Gasteiger partial charge is 0.326 e. The van der Waals surface area contributed by atoms with E-state index in [0.717, 1.165) is 24.8 Å². The van der Waals surface area contributed by atoms with E-state index in [9.17, 15) is 34.2 Å². The zero-order valence-electron chi connectivity index (χ0n) is 25.5. The molecule has 0 aliphatic heterocycles. The largest absolute Gasteiger partial charge is 0.504 e. The summed E-state index contributed by atoms with van der Waals surface area (Å²) in [7, 11) is 1.45. The summed E-state index contributed by atoms with van der Waals surface area (Å²) in [5.41, 5.74) is 6.54. The number of carboxylic acids is 2. The molecule has 1 aromatic carbocycles. The van der Waals surface area contributed by atoms with Crippen molar-refractivity contribution < 1.29 is 44.0 Å². The lowest BCUT2D eigenvalue weighted by atomic mass is 10.0. The van der Waals surface area contributed by atoms with Crippen molar-refractivity contribution in [3.63, 3.8) is 0 Å². The molecule has 4 unspecified atom stereocenters. The third kappa shape index (κ3) is 15.1. The van der Waals surface area contributed by atoms with Crippen LogP contribution in [0.15, 0.2) is 18.2 Å². The number of carboxylic acid groups (broad SMARTS) is 2. The molecule has 7 N–H and O–H groups in total. The SMILES string of the molecule is CCCCCC(CC(=O)CCc1ccc(O)c(OC)c1)SCC(NC(=O)C(N)CC(=O)O)C(=O)NC(CC(C)C)C(=O)O. The van der Waals surface area contributed by atoms with E-state index in [4.69, 9.17) is 15.6 Å². The number of phenolic OH excluding ortho intramolecular Hbond substituents is 1. The van der Waals surface area contributed by atoms with Crippen LogP contribution in [0.2, 0.25) is 0 Å². The molecule has 4 atom stereocenters. The van der Waals surface area contributed by atoms with Crippen LogP contribution in [0.3, 0.4) is 0 Å². The van der Waals surface area contributed by atoms with Crippen molar-refractivity contribution in [1.29, 1.82) is 0 Å². The van der Waals surface area contributed by atoms with E-state index in [1.165, 1.54) is 24.9 Å². The monoisotopic (exact) mass is 625 g/mol. The van der Waals surface area contributed by atoms with Crippen molar-refractivity contribution in [3.05, 3.63) is 23.8 Å². The third-order valence-electron chi connectivity index (χ3n) is 6.71. The summed E-state index contributed by atoms with van der Waals surface area (Å²) < 4.78 is 5.13. The Kier molecular flexibility index (Phi) is 17.4. The minimum absolute atomic E-state index is 0.0115. The van der Waals surface area contributed by atoms with Gasteiger partial charge in [-0.2, -0.15) is 11.8 Å². The van der Waals surface area contributed by atoms with Crippen LogP contribution in [0.1, 0.15) is 77.7 Å². The molecule has 0 aliphatic rings. The standard InChI is InChI=1S/C30H47N3O9S/c1-5-6-7-8-21(15-20(34)11-9-19-10-12-25(35)26(14-19)42-4)43-17-24(33-28(38)22(31)16-27(36)37)29(39)32-23(30(40)41)13-18(2)3/h10,12,14,18,21-24,35H,5-9,11,13,15-17,31H2,1-4H3,(H,32,39)(H,33,38)(H,36,37)(H,40,41). The van der Waals surface area contributed by atoms with Crippen molar-refractivity contribution in [1.82, 2.24) is 10.6 Å². The highest BCUT2D eigenvalue weighted by Crippen LogP contribution is 2.28. The molecule has 0 bridgehead atoms. The number of aryl methyl sites for hydroxylation is 1. The number of thioether (sulfide) groups is 1. The van der Waals surface area contributed by atoms with E-state index in [0.29, 0.717) is 18.6 Å². The first-order valence-corrected chi connectivity index (χ1v) is 15.6. The predicted molar refractivity (Wildman–Crippen MR) is 164 cm³/mol. The van der Waals surface area contributed by atoms with Crippen LogP contribution in [-0.2, 0) is 30.4 Å².